The molecule has 1 aliphatic carbocycles. The van der Waals surface area contributed by atoms with E-state index in [2.05, 4.69) is 34.5 Å². The molecule has 1 saturated carbocycles. The standard InChI is InChI=1S/C19H26ClN5O/c1-11(2)25-17(18-13-9-24(4-5-26-3)10-14(13)18)7-16(23-25)12-6-15(20)19(21)22-8-12/h6-8,11,13-14,18H,4-5,9-10H2,1-3H3,(H2,21,22)/t13-,14+,18-. The number of anilines is 1. The van der Waals surface area contributed by atoms with Crippen molar-refractivity contribution in [2.75, 3.05) is 39.1 Å². The van der Waals surface area contributed by atoms with Crippen LogP contribution in [-0.2, 0) is 4.74 Å². The molecule has 2 fully saturated rings. The van der Waals surface area contributed by atoms with E-state index in [9.17, 15) is 0 Å². The monoisotopic (exact) mass is 375 g/mol. The van der Waals surface area contributed by atoms with Gasteiger partial charge in [0.2, 0.25) is 0 Å². The zero-order valence-corrected chi connectivity index (χ0v) is 16.3. The summed E-state index contributed by atoms with van der Waals surface area (Å²) < 4.78 is 7.37. The van der Waals surface area contributed by atoms with Crippen LogP contribution >= 0.6 is 11.6 Å². The first-order chi connectivity index (χ1) is 12.5. The molecule has 3 atom stereocenters. The molecular weight excluding hydrogens is 350 g/mol. The van der Waals surface area contributed by atoms with Gasteiger partial charge in [-0.2, -0.15) is 5.10 Å². The van der Waals surface area contributed by atoms with Crippen LogP contribution in [0.1, 0.15) is 31.5 Å². The van der Waals surface area contributed by atoms with Crippen LogP contribution in [-0.4, -0.2) is 53.0 Å². The minimum atomic E-state index is 0.321. The predicted molar refractivity (Wildman–Crippen MR) is 103 cm³/mol. The number of rotatable bonds is 6. The second kappa shape index (κ2) is 6.83. The molecule has 0 spiro atoms. The Bertz CT molecular complexity index is 793. The van der Waals surface area contributed by atoms with Gasteiger partial charge in [0.15, 0.2) is 0 Å². The second-order valence-electron chi connectivity index (χ2n) is 7.69. The highest BCUT2D eigenvalue weighted by Crippen LogP contribution is 2.58. The number of nitrogens with zero attached hydrogens (tertiary/aromatic N) is 4. The number of methoxy groups -OCH3 is 1. The summed E-state index contributed by atoms with van der Waals surface area (Å²) in [6.45, 7) is 8.51. The third-order valence-electron chi connectivity index (χ3n) is 5.64. The number of fused-ring (bicyclic) bond motifs is 1. The van der Waals surface area contributed by atoms with E-state index in [4.69, 9.17) is 27.2 Å². The van der Waals surface area contributed by atoms with Crippen molar-refractivity contribution in [2.45, 2.75) is 25.8 Å². The number of piperidine rings is 1. The maximum atomic E-state index is 6.15. The summed E-state index contributed by atoms with van der Waals surface area (Å²) in [5.41, 5.74) is 8.91. The van der Waals surface area contributed by atoms with Crippen LogP contribution in [0, 0.1) is 11.8 Å². The average Bonchev–Trinajstić information content (AvgIpc) is 3.00. The molecule has 2 aromatic heterocycles. The van der Waals surface area contributed by atoms with Gasteiger partial charge >= 0.3 is 0 Å². The van der Waals surface area contributed by atoms with Crippen LogP contribution in [0.3, 0.4) is 0 Å². The molecule has 0 aromatic carbocycles. The number of hydrogen-bond acceptors (Lipinski definition) is 5. The van der Waals surface area contributed by atoms with E-state index in [1.165, 1.54) is 5.69 Å². The molecule has 3 heterocycles. The summed E-state index contributed by atoms with van der Waals surface area (Å²) in [7, 11) is 1.76. The van der Waals surface area contributed by atoms with Crippen LogP contribution in [0.2, 0.25) is 5.02 Å². The molecule has 1 aliphatic heterocycles. The zero-order chi connectivity index (χ0) is 18.4. The minimum absolute atomic E-state index is 0.321. The molecule has 1 saturated heterocycles. The van der Waals surface area contributed by atoms with Gasteiger partial charge in [-0.25, -0.2) is 4.98 Å². The number of likely N-dealkylation sites (tertiary alicyclic amines) is 1. The van der Waals surface area contributed by atoms with E-state index >= 15 is 0 Å². The summed E-state index contributed by atoms with van der Waals surface area (Å²) in [6.07, 6.45) is 1.75. The molecule has 2 aliphatic rings. The topological polar surface area (TPSA) is 69.2 Å². The van der Waals surface area contributed by atoms with E-state index in [-0.39, 0.29) is 0 Å². The third-order valence-corrected chi connectivity index (χ3v) is 5.94. The Kier molecular flexibility index (Phi) is 4.67. The van der Waals surface area contributed by atoms with Crippen molar-refractivity contribution < 1.29 is 4.74 Å². The highest BCUT2D eigenvalue weighted by Gasteiger charge is 2.57. The predicted octanol–water partition coefficient (Wildman–Crippen LogP) is 3.05. The van der Waals surface area contributed by atoms with Gasteiger partial charge in [-0.15, -0.1) is 0 Å². The fourth-order valence-corrected chi connectivity index (χ4v) is 4.42. The Hall–Kier alpha value is -1.63. The third kappa shape index (κ3) is 3.10. The first kappa shape index (κ1) is 17.8. The van der Waals surface area contributed by atoms with Gasteiger partial charge in [0.1, 0.15) is 5.82 Å². The van der Waals surface area contributed by atoms with Crippen molar-refractivity contribution in [1.82, 2.24) is 19.7 Å². The quantitative estimate of drug-likeness (QED) is 0.840. The normalized spacial score (nSPS) is 25.0. The lowest BCUT2D eigenvalue weighted by atomic mass is 10.1. The molecular formula is C19H26ClN5O. The number of aromatic nitrogens is 3. The lowest BCUT2D eigenvalue weighted by Gasteiger charge is -2.19. The van der Waals surface area contributed by atoms with Gasteiger partial charge in [-0.05, 0) is 37.8 Å². The Morgan fingerprint density at radius 1 is 1.31 bits per heavy atom. The Labute approximate surface area is 159 Å². The molecule has 6 nitrogen and oxygen atoms in total. The first-order valence-electron chi connectivity index (χ1n) is 9.21. The maximum absolute atomic E-state index is 6.15. The fourth-order valence-electron chi connectivity index (χ4n) is 4.26. The van der Waals surface area contributed by atoms with E-state index in [1.807, 2.05) is 6.07 Å². The van der Waals surface area contributed by atoms with E-state index in [0.717, 1.165) is 49.3 Å². The van der Waals surface area contributed by atoms with Crippen molar-refractivity contribution >= 4 is 17.4 Å². The fraction of sp³-hybridized carbons (Fsp3) is 0.579. The number of nitrogen functional groups attached to an aromatic ring is 1. The molecule has 7 heteroatoms. The highest BCUT2D eigenvalue weighted by atomic mass is 35.5. The Balaban J connectivity index is 1.56. The first-order valence-corrected chi connectivity index (χ1v) is 9.59. The highest BCUT2D eigenvalue weighted by molar-refractivity contribution is 6.33. The lowest BCUT2D eigenvalue weighted by Crippen LogP contribution is -2.28. The summed E-state index contributed by atoms with van der Waals surface area (Å²) in [5, 5.41) is 5.32. The minimum Gasteiger partial charge on any atom is -0.383 e. The molecule has 0 unspecified atom stereocenters. The Morgan fingerprint density at radius 2 is 2.04 bits per heavy atom. The molecule has 140 valence electrons. The largest absolute Gasteiger partial charge is 0.383 e. The summed E-state index contributed by atoms with van der Waals surface area (Å²) >= 11 is 6.15. The molecule has 2 aromatic rings. The summed E-state index contributed by atoms with van der Waals surface area (Å²) in [4.78, 5) is 6.68. The van der Waals surface area contributed by atoms with Crippen LogP contribution in [0.15, 0.2) is 18.3 Å². The SMILES string of the molecule is COCCN1C[C@@H]2[C@H](C1)[C@@H]2c1cc(-c2cnc(N)c(Cl)c2)nn1C(C)C. The zero-order valence-electron chi connectivity index (χ0n) is 15.5. The van der Waals surface area contributed by atoms with Crippen LogP contribution in [0.4, 0.5) is 5.82 Å². The summed E-state index contributed by atoms with van der Waals surface area (Å²) in [6, 6.07) is 4.38. The number of hydrogen-bond donors (Lipinski definition) is 1. The van der Waals surface area contributed by atoms with Gasteiger partial charge in [0, 0.05) is 56.2 Å². The van der Waals surface area contributed by atoms with E-state index < -0.39 is 0 Å². The molecule has 2 N–H and O–H groups in total. The Morgan fingerprint density at radius 3 is 2.65 bits per heavy atom. The van der Waals surface area contributed by atoms with Crippen molar-refractivity contribution in [2.24, 2.45) is 11.8 Å². The van der Waals surface area contributed by atoms with Crippen molar-refractivity contribution in [3.05, 3.63) is 29.0 Å². The maximum Gasteiger partial charge on any atom is 0.142 e. The molecule has 0 amide bonds. The molecule has 0 bridgehead atoms. The molecule has 0 radical (unpaired) electrons. The van der Waals surface area contributed by atoms with Crippen LogP contribution in [0.25, 0.3) is 11.3 Å². The van der Waals surface area contributed by atoms with Crippen molar-refractivity contribution in [3.8, 4) is 11.3 Å². The van der Waals surface area contributed by atoms with Gasteiger partial charge in [-0.3, -0.25) is 4.68 Å². The lowest BCUT2D eigenvalue weighted by molar-refractivity contribution is 0.153. The number of ether oxygens (including phenoxy) is 1. The smallest absolute Gasteiger partial charge is 0.142 e. The molecule has 4 rings (SSSR count). The number of halogens is 1. The van der Waals surface area contributed by atoms with Gasteiger partial charge in [0.05, 0.1) is 17.3 Å². The number of nitrogens with two attached hydrogens (primary N) is 1. The van der Waals surface area contributed by atoms with Crippen molar-refractivity contribution in [3.63, 3.8) is 0 Å². The second-order valence-corrected chi connectivity index (χ2v) is 8.10. The van der Waals surface area contributed by atoms with Gasteiger partial charge < -0.3 is 15.4 Å². The van der Waals surface area contributed by atoms with E-state index in [1.54, 1.807) is 13.3 Å². The average molecular weight is 376 g/mol. The van der Waals surface area contributed by atoms with Gasteiger partial charge in [0.25, 0.3) is 0 Å². The van der Waals surface area contributed by atoms with Crippen molar-refractivity contribution in [1.29, 1.82) is 0 Å². The molecule has 26 heavy (non-hydrogen) atoms. The number of pyridine rings is 1. The van der Waals surface area contributed by atoms with Crippen LogP contribution in [0.5, 0.6) is 0 Å². The van der Waals surface area contributed by atoms with E-state index in [0.29, 0.717) is 22.8 Å². The van der Waals surface area contributed by atoms with Crippen LogP contribution < -0.4 is 5.73 Å². The van der Waals surface area contributed by atoms with Gasteiger partial charge in [-0.1, -0.05) is 11.6 Å². The summed E-state index contributed by atoms with van der Waals surface area (Å²) in [5.74, 6) is 2.44.